The number of nitrogens with zero attached hydrogens (tertiary/aromatic N) is 2. The van der Waals surface area contributed by atoms with E-state index in [0.29, 0.717) is 13.1 Å². The Bertz CT molecular complexity index is 653. The molecule has 5 nitrogen and oxygen atoms in total. The normalized spacial score (nSPS) is 10.6. The van der Waals surface area contributed by atoms with E-state index >= 15 is 0 Å². The molecule has 0 spiro atoms. The van der Waals surface area contributed by atoms with Crippen molar-refractivity contribution in [1.29, 1.82) is 0 Å². The van der Waals surface area contributed by atoms with Gasteiger partial charge in [0.1, 0.15) is 0 Å². The van der Waals surface area contributed by atoms with E-state index in [1.807, 2.05) is 24.3 Å². The zero-order valence-electron chi connectivity index (χ0n) is 10.2. The number of aryl methyl sites for hydroxylation is 1. The highest BCUT2D eigenvalue weighted by Crippen LogP contribution is 2.04. The number of nitrogens with two attached hydrogens (primary N) is 1. The van der Waals surface area contributed by atoms with Crippen molar-refractivity contribution in [3.63, 3.8) is 0 Å². The van der Waals surface area contributed by atoms with Gasteiger partial charge in [-0.25, -0.2) is 0 Å². The van der Waals surface area contributed by atoms with Crippen LogP contribution in [0.5, 0.6) is 0 Å². The van der Waals surface area contributed by atoms with Crippen molar-refractivity contribution in [2.45, 2.75) is 13.1 Å². The minimum absolute atomic E-state index is 0.389. The Labute approximate surface area is 104 Å². The van der Waals surface area contributed by atoms with E-state index in [1.165, 1.54) is 9.13 Å². The van der Waals surface area contributed by atoms with E-state index in [9.17, 15) is 9.59 Å². The SMILES string of the molecule is Cn1ccn(Cc2ccc(CN)cc2)c(=O)c1=O. The standard InChI is InChI=1S/C13H15N3O2/c1-15-6-7-16(13(18)12(15)17)9-11-4-2-10(8-14)3-5-11/h2-7H,8-9,14H2,1H3. The Hall–Kier alpha value is -2.14. The van der Waals surface area contributed by atoms with Crippen LogP contribution in [0.4, 0.5) is 0 Å². The van der Waals surface area contributed by atoms with Crippen LogP contribution in [0.2, 0.25) is 0 Å². The van der Waals surface area contributed by atoms with E-state index in [-0.39, 0.29) is 0 Å². The molecular formula is C13H15N3O2. The van der Waals surface area contributed by atoms with Gasteiger partial charge in [-0.1, -0.05) is 24.3 Å². The van der Waals surface area contributed by atoms with Crippen LogP contribution in [-0.4, -0.2) is 9.13 Å². The zero-order valence-corrected chi connectivity index (χ0v) is 10.2. The van der Waals surface area contributed by atoms with Gasteiger partial charge in [0.2, 0.25) is 0 Å². The van der Waals surface area contributed by atoms with Crippen molar-refractivity contribution < 1.29 is 0 Å². The van der Waals surface area contributed by atoms with Crippen molar-refractivity contribution in [3.05, 3.63) is 68.5 Å². The van der Waals surface area contributed by atoms with Crippen LogP contribution >= 0.6 is 0 Å². The molecule has 0 bridgehead atoms. The number of aromatic nitrogens is 2. The van der Waals surface area contributed by atoms with Crippen LogP contribution in [0.1, 0.15) is 11.1 Å². The summed E-state index contributed by atoms with van der Waals surface area (Å²) in [6.45, 7) is 0.881. The number of rotatable bonds is 3. The van der Waals surface area contributed by atoms with Crippen LogP contribution in [0.25, 0.3) is 0 Å². The van der Waals surface area contributed by atoms with Crippen LogP contribution in [0, 0.1) is 0 Å². The summed E-state index contributed by atoms with van der Waals surface area (Å²) >= 11 is 0. The Balaban J connectivity index is 2.31. The van der Waals surface area contributed by atoms with Gasteiger partial charge in [0, 0.05) is 26.0 Å². The van der Waals surface area contributed by atoms with Gasteiger partial charge in [-0.05, 0) is 11.1 Å². The van der Waals surface area contributed by atoms with E-state index in [2.05, 4.69) is 0 Å². The third kappa shape index (κ3) is 2.41. The first kappa shape index (κ1) is 12.3. The molecule has 1 aromatic carbocycles. The summed E-state index contributed by atoms with van der Waals surface area (Å²) in [5.41, 5.74) is 6.48. The van der Waals surface area contributed by atoms with Crippen molar-refractivity contribution >= 4 is 0 Å². The molecule has 0 aliphatic heterocycles. The Morgan fingerprint density at radius 3 is 2.22 bits per heavy atom. The maximum absolute atomic E-state index is 11.7. The minimum Gasteiger partial charge on any atom is -0.326 e. The lowest BCUT2D eigenvalue weighted by atomic mass is 10.1. The first-order valence-corrected chi connectivity index (χ1v) is 5.66. The van der Waals surface area contributed by atoms with E-state index in [0.717, 1.165) is 11.1 Å². The fraction of sp³-hybridized carbons (Fsp3) is 0.231. The molecule has 0 saturated heterocycles. The minimum atomic E-state index is -0.518. The second kappa shape index (κ2) is 5.01. The average Bonchev–Trinajstić information content (AvgIpc) is 2.40. The molecule has 94 valence electrons. The van der Waals surface area contributed by atoms with Crippen molar-refractivity contribution in [3.8, 4) is 0 Å². The second-order valence-electron chi connectivity index (χ2n) is 4.17. The molecule has 18 heavy (non-hydrogen) atoms. The van der Waals surface area contributed by atoms with Crippen LogP contribution in [0.15, 0.2) is 46.2 Å². The molecule has 0 radical (unpaired) electrons. The van der Waals surface area contributed by atoms with Gasteiger partial charge in [-0.3, -0.25) is 9.59 Å². The second-order valence-corrected chi connectivity index (χ2v) is 4.17. The zero-order chi connectivity index (χ0) is 13.1. The van der Waals surface area contributed by atoms with Crippen molar-refractivity contribution in [2.24, 2.45) is 12.8 Å². The summed E-state index contributed by atoms with van der Waals surface area (Å²) in [5.74, 6) is 0. The predicted octanol–water partition coefficient (Wildman–Crippen LogP) is 0.0540. The summed E-state index contributed by atoms with van der Waals surface area (Å²) < 4.78 is 2.68. The van der Waals surface area contributed by atoms with Gasteiger partial charge in [-0.15, -0.1) is 0 Å². The van der Waals surface area contributed by atoms with Crippen LogP contribution in [-0.2, 0) is 20.1 Å². The molecule has 1 aromatic heterocycles. The third-order valence-corrected chi connectivity index (χ3v) is 2.85. The topological polar surface area (TPSA) is 70.0 Å². The molecule has 2 aromatic rings. The molecule has 2 N–H and O–H groups in total. The highest BCUT2D eigenvalue weighted by Gasteiger charge is 2.03. The molecule has 1 heterocycles. The molecule has 0 fully saturated rings. The summed E-state index contributed by atoms with van der Waals surface area (Å²) in [6.07, 6.45) is 3.19. The number of benzene rings is 1. The molecule has 0 atom stereocenters. The Kier molecular flexibility index (Phi) is 3.43. The van der Waals surface area contributed by atoms with Gasteiger partial charge < -0.3 is 14.9 Å². The van der Waals surface area contributed by atoms with Gasteiger partial charge >= 0.3 is 11.1 Å². The van der Waals surface area contributed by atoms with E-state index in [4.69, 9.17) is 5.73 Å². The molecule has 0 unspecified atom stereocenters. The van der Waals surface area contributed by atoms with Gasteiger partial charge in [-0.2, -0.15) is 0 Å². The smallest absolute Gasteiger partial charge is 0.316 e. The monoisotopic (exact) mass is 245 g/mol. The Morgan fingerprint density at radius 1 is 1.00 bits per heavy atom. The van der Waals surface area contributed by atoms with Crippen molar-refractivity contribution in [1.82, 2.24) is 9.13 Å². The van der Waals surface area contributed by atoms with Crippen molar-refractivity contribution in [2.75, 3.05) is 0 Å². The quantitative estimate of drug-likeness (QED) is 0.777. The molecule has 0 aliphatic rings. The lowest BCUT2D eigenvalue weighted by Gasteiger charge is -2.07. The summed E-state index contributed by atoms with van der Waals surface area (Å²) in [5, 5.41) is 0. The summed E-state index contributed by atoms with van der Waals surface area (Å²) in [4.78, 5) is 23.2. The highest BCUT2D eigenvalue weighted by atomic mass is 16.2. The van der Waals surface area contributed by atoms with E-state index in [1.54, 1.807) is 19.4 Å². The third-order valence-electron chi connectivity index (χ3n) is 2.85. The fourth-order valence-corrected chi connectivity index (χ4v) is 1.69. The lowest BCUT2D eigenvalue weighted by molar-refractivity contribution is 0.695. The number of hydrogen-bond acceptors (Lipinski definition) is 3. The Morgan fingerprint density at radius 2 is 1.61 bits per heavy atom. The highest BCUT2D eigenvalue weighted by molar-refractivity contribution is 5.22. The first-order valence-electron chi connectivity index (χ1n) is 5.66. The lowest BCUT2D eigenvalue weighted by Crippen LogP contribution is -2.39. The molecular weight excluding hydrogens is 230 g/mol. The van der Waals surface area contributed by atoms with Gasteiger partial charge in [0.25, 0.3) is 0 Å². The molecule has 2 rings (SSSR count). The maximum atomic E-state index is 11.7. The van der Waals surface area contributed by atoms with Gasteiger partial charge in [0.15, 0.2) is 0 Å². The first-order chi connectivity index (χ1) is 8.61. The average molecular weight is 245 g/mol. The predicted molar refractivity (Wildman–Crippen MR) is 69.4 cm³/mol. The molecule has 0 aliphatic carbocycles. The van der Waals surface area contributed by atoms with E-state index < -0.39 is 11.1 Å². The van der Waals surface area contributed by atoms with Gasteiger partial charge in [0.05, 0.1) is 6.54 Å². The fourth-order valence-electron chi connectivity index (χ4n) is 1.69. The van der Waals surface area contributed by atoms with Crippen LogP contribution < -0.4 is 16.9 Å². The molecule has 0 amide bonds. The maximum Gasteiger partial charge on any atom is 0.316 e. The van der Waals surface area contributed by atoms with Crippen LogP contribution in [0.3, 0.4) is 0 Å². The summed E-state index contributed by atoms with van der Waals surface area (Å²) in [6, 6.07) is 7.65. The summed E-state index contributed by atoms with van der Waals surface area (Å²) in [7, 11) is 1.56. The molecule has 0 saturated carbocycles. The largest absolute Gasteiger partial charge is 0.326 e. The number of hydrogen-bond donors (Lipinski definition) is 1. The molecule has 5 heteroatoms.